The molecule has 32 heavy (non-hydrogen) atoms. The van der Waals surface area contributed by atoms with Crippen LogP contribution in [0.15, 0.2) is 30.3 Å². The predicted octanol–water partition coefficient (Wildman–Crippen LogP) is 3.44. The number of carbonyl (C=O) groups excluding carboxylic acids is 3. The molecule has 5 fully saturated rings. The van der Waals surface area contributed by atoms with Gasteiger partial charge in [0.25, 0.3) is 5.91 Å². The molecule has 2 amide bonds. The van der Waals surface area contributed by atoms with Gasteiger partial charge in [-0.2, -0.15) is 0 Å². The van der Waals surface area contributed by atoms with E-state index in [9.17, 15) is 14.4 Å². The van der Waals surface area contributed by atoms with E-state index in [2.05, 4.69) is 5.32 Å². The van der Waals surface area contributed by atoms with Gasteiger partial charge in [-0.1, -0.05) is 30.3 Å². The summed E-state index contributed by atoms with van der Waals surface area (Å²) in [6.45, 7) is 2.61. The molecule has 0 aromatic heterocycles. The van der Waals surface area contributed by atoms with Crippen molar-refractivity contribution in [3.63, 3.8) is 0 Å². The summed E-state index contributed by atoms with van der Waals surface area (Å²) in [4.78, 5) is 41.0. The molecule has 2 atom stereocenters. The number of nitrogens with one attached hydrogen (secondary N) is 1. The van der Waals surface area contributed by atoms with Gasteiger partial charge < -0.3 is 15.0 Å². The molecule has 4 bridgehead atoms. The Morgan fingerprint density at radius 3 is 2.31 bits per heavy atom. The lowest BCUT2D eigenvalue weighted by Gasteiger charge is -2.56. The molecular weight excluding hydrogens is 404 g/mol. The topological polar surface area (TPSA) is 75.7 Å². The molecule has 0 spiro atoms. The number of carbonyl (C=O) groups is 3. The Labute approximate surface area is 190 Å². The number of hydrogen-bond donors (Lipinski definition) is 1. The molecule has 1 aliphatic heterocycles. The maximum Gasteiger partial charge on any atom is 0.329 e. The first-order valence-corrected chi connectivity index (χ1v) is 12.3. The van der Waals surface area contributed by atoms with Crippen molar-refractivity contribution < 1.29 is 19.1 Å². The molecule has 6 rings (SSSR count). The molecule has 1 aromatic carbocycles. The molecule has 1 heterocycles. The summed E-state index contributed by atoms with van der Waals surface area (Å²) in [6.07, 6.45) is 7.39. The highest BCUT2D eigenvalue weighted by atomic mass is 16.5. The lowest BCUT2D eigenvalue weighted by atomic mass is 9.49. The Hall–Kier alpha value is -2.37. The van der Waals surface area contributed by atoms with Crippen LogP contribution in [-0.2, 0) is 25.7 Å². The van der Waals surface area contributed by atoms with Crippen LogP contribution in [0.25, 0.3) is 0 Å². The summed E-state index contributed by atoms with van der Waals surface area (Å²) < 4.78 is 5.54. The first-order valence-electron chi connectivity index (χ1n) is 12.3. The van der Waals surface area contributed by atoms with E-state index in [-0.39, 0.29) is 17.2 Å². The fourth-order valence-corrected chi connectivity index (χ4v) is 7.17. The monoisotopic (exact) mass is 438 g/mol. The molecule has 1 N–H and O–H groups in total. The summed E-state index contributed by atoms with van der Waals surface area (Å²) in [7, 11) is 0. The van der Waals surface area contributed by atoms with Crippen molar-refractivity contribution in [1.29, 1.82) is 0 Å². The Morgan fingerprint density at radius 2 is 1.69 bits per heavy atom. The van der Waals surface area contributed by atoms with Crippen LogP contribution in [0.2, 0.25) is 0 Å². The molecule has 1 saturated heterocycles. The van der Waals surface area contributed by atoms with Crippen molar-refractivity contribution in [3.8, 4) is 0 Å². The second kappa shape index (κ2) is 8.53. The molecule has 6 heteroatoms. The van der Waals surface area contributed by atoms with E-state index in [1.54, 1.807) is 11.8 Å². The highest BCUT2D eigenvalue weighted by Crippen LogP contribution is 2.60. The van der Waals surface area contributed by atoms with Gasteiger partial charge in [0, 0.05) is 13.1 Å². The summed E-state index contributed by atoms with van der Waals surface area (Å²) in [5, 5.41) is 2.82. The normalized spacial score (nSPS) is 33.7. The lowest BCUT2D eigenvalue weighted by molar-refractivity contribution is -0.168. The quantitative estimate of drug-likeness (QED) is 0.691. The van der Waals surface area contributed by atoms with Crippen molar-refractivity contribution in [2.24, 2.45) is 23.2 Å². The van der Waals surface area contributed by atoms with Crippen molar-refractivity contribution in [2.75, 3.05) is 6.54 Å². The molecule has 1 aromatic rings. The van der Waals surface area contributed by atoms with E-state index < -0.39 is 18.1 Å². The zero-order chi connectivity index (χ0) is 22.3. The highest BCUT2D eigenvalue weighted by Gasteiger charge is 2.57. The third-order valence-electron chi connectivity index (χ3n) is 8.25. The van der Waals surface area contributed by atoms with E-state index in [1.807, 2.05) is 30.3 Å². The van der Waals surface area contributed by atoms with Crippen LogP contribution in [0.1, 0.15) is 63.9 Å². The highest BCUT2D eigenvalue weighted by molar-refractivity contribution is 5.90. The van der Waals surface area contributed by atoms with E-state index >= 15 is 0 Å². The van der Waals surface area contributed by atoms with E-state index in [1.165, 1.54) is 19.3 Å². The summed E-state index contributed by atoms with van der Waals surface area (Å²) in [5.74, 6) is 1.48. The Balaban J connectivity index is 1.19. The van der Waals surface area contributed by atoms with Crippen LogP contribution < -0.4 is 5.32 Å². The van der Waals surface area contributed by atoms with Gasteiger partial charge in [-0.05, 0) is 81.6 Å². The number of amides is 2. The SMILES string of the molecule is C[C@@H](OC(=O)[C@@H]1CCCN1C(=O)C12CC3CC(CC(C3)C1)C2)C(=O)NCc1ccccc1. The van der Waals surface area contributed by atoms with Crippen molar-refractivity contribution >= 4 is 17.8 Å². The van der Waals surface area contributed by atoms with Gasteiger partial charge in [0.15, 0.2) is 6.10 Å². The first-order chi connectivity index (χ1) is 15.4. The Bertz CT molecular complexity index is 848. The number of nitrogens with zero attached hydrogens (tertiary/aromatic N) is 1. The minimum Gasteiger partial charge on any atom is -0.451 e. The number of rotatable bonds is 6. The second-order valence-electron chi connectivity index (χ2n) is 10.6. The van der Waals surface area contributed by atoms with Crippen LogP contribution in [0, 0.1) is 23.2 Å². The first kappa shape index (κ1) is 21.5. The standard InChI is InChI=1S/C26H34N2O4/c1-17(23(29)27-16-18-6-3-2-4-7-18)32-24(30)22-8-5-9-28(22)25(31)26-13-19-10-20(14-26)12-21(11-19)15-26/h2-4,6-7,17,19-22H,5,8-16H2,1H3,(H,27,29)/t17-,19?,20?,21?,22+,26?/m1/s1. The fraction of sp³-hybridized carbons (Fsp3) is 0.654. The van der Waals surface area contributed by atoms with Gasteiger partial charge in [-0.3, -0.25) is 9.59 Å². The number of ether oxygens (including phenoxy) is 1. The molecule has 4 aliphatic carbocycles. The maximum absolute atomic E-state index is 13.7. The molecule has 5 aliphatic rings. The molecule has 172 valence electrons. The Morgan fingerprint density at radius 1 is 1.06 bits per heavy atom. The number of likely N-dealkylation sites (tertiary alicyclic amines) is 1. The van der Waals surface area contributed by atoms with Crippen molar-refractivity contribution in [1.82, 2.24) is 10.2 Å². The maximum atomic E-state index is 13.7. The summed E-state index contributed by atoms with van der Waals surface area (Å²) in [6, 6.07) is 9.07. The average Bonchev–Trinajstić information content (AvgIpc) is 3.26. The Kier molecular flexibility index (Phi) is 5.72. The minimum atomic E-state index is -0.886. The second-order valence-corrected chi connectivity index (χ2v) is 10.6. The molecule has 0 unspecified atom stereocenters. The molecular formula is C26H34N2O4. The number of esters is 1. The van der Waals surface area contributed by atoms with Crippen LogP contribution in [0.4, 0.5) is 0 Å². The third-order valence-corrected chi connectivity index (χ3v) is 8.25. The van der Waals surface area contributed by atoms with Crippen LogP contribution in [0.3, 0.4) is 0 Å². The van der Waals surface area contributed by atoms with Crippen LogP contribution in [-0.4, -0.2) is 41.4 Å². The van der Waals surface area contributed by atoms with Gasteiger partial charge in [-0.15, -0.1) is 0 Å². The lowest BCUT2D eigenvalue weighted by Crippen LogP contribution is -2.56. The van der Waals surface area contributed by atoms with E-state index in [0.29, 0.717) is 37.3 Å². The molecule has 0 radical (unpaired) electrons. The third kappa shape index (κ3) is 4.04. The van der Waals surface area contributed by atoms with Gasteiger partial charge >= 0.3 is 5.97 Å². The van der Waals surface area contributed by atoms with Gasteiger partial charge in [0.05, 0.1) is 5.41 Å². The number of hydrogen-bond acceptors (Lipinski definition) is 4. The van der Waals surface area contributed by atoms with E-state index in [4.69, 9.17) is 4.74 Å². The van der Waals surface area contributed by atoms with Crippen molar-refractivity contribution in [3.05, 3.63) is 35.9 Å². The summed E-state index contributed by atoms with van der Waals surface area (Å²) in [5.41, 5.74) is 0.735. The zero-order valence-corrected chi connectivity index (χ0v) is 18.9. The van der Waals surface area contributed by atoms with Gasteiger partial charge in [0.2, 0.25) is 5.91 Å². The van der Waals surface area contributed by atoms with Crippen LogP contribution >= 0.6 is 0 Å². The molecule has 6 nitrogen and oxygen atoms in total. The fourth-order valence-electron chi connectivity index (χ4n) is 7.17. The van der Waals surface area contributed by atoms with Crippen LogP contribution in [0.5, 0.6) is 0 Å². The smallest absolute Gasteiger partial charge is 0.329 e. The van der Waals surface area contributed by atoms with Gasteiger partial charge in [-0.25, -0.2) is 4.79 Å². The molecule has 4 saturated carbocycles. The zero-order valence-electron chi connectivity index (χ0n) is 18.9. The predicted molar refractivity (Wildman–Crippen MR) is 119 cm³/mol. The van der Waals surface area contributed by atoms with E-state index in [0.717, 1.165) is 31.2 Å². The largest absolute Gasteiger partial charge is 0.451 e. The summed E-state index contributed by atoms with van der Waals surface area (Å²) >= 11 is 0. The average molecular weight is 439 g/mol. The minimum absolute atomic E-state index is 0.178. The number of benzene rings is 1. The van der Waals surface area contributed by atoms with Gasteiger partial charge in [0.1, 0.15) is 6.04 Å². The van der Waals surface area contributed by atoms with Crippen molar-refractivity contribution in [2.45, 2.75) is 77.0 Å².